The summed E-state index contributed by atoms with van der Waals surface area (Å²) >= 11 is 0. The Morgan fingerprint density at radius 2 is 1.88 bits per heavy atom. The normalized spacial score (nSPS) is 12.1. The summed E-state index contributed by atoms with van der Waals surface area (Å²) in [6.45, 7) is 7.88. The van der Waals surface area contributed by atoms with Gasteiger partial charge in [0.05, 0.1) is 6.54 Å². The second kappa shape index (κ2) is 8.60. The maximum atomic E-state index is 12.8. The maximum Gasteiger partial charge on any atom is 0.251 e. The number of nitrogens with one attached hydrogen (secondary N) is 1. The molecule has 0 aliphatic heterocycles. The van der Waals surface area contributed by atoms with Crippen LogP contribution < -0.4 is 5.32 Å². The van der Waals surface area contributed by atoms with Gasteiger partial charge in [0, 0.05) is 19.0 Å². The second-order valence-electron chi connectivity index (χ2n) is 6.71. The number of rotatable bonds is 7. The molecule has 7 nitrogen and oxygen atoms in total. The van der Waals surface area contributed by atoms with Crippen molar-refractivity contribution in [1.82, 2.24) is 20.4 Å². The van der Waals surface area contributed by atoms with Gasteiger partial charge >= 0.3 is 0 Å². The summed E-state index contributed by atoms with van der Waals surface area (Å²) in [6, 6.07) is 6.60. The highest BCUT2D eigenvalue weighted by atomic mass is 16.5. The number of benzene rings is 1. The Morgan fingerprint density at radius 1 is 1.23 bits per heavy atom. The molecule has 0 aliphatic carbocycles. The average molecular weight is 358 g/mol. The number of aromatic nitrogens is 2. The molecule has 1 aromatic heterocycles. The van der Waals surface area contributed by atoms with E-state index in [9.17, 15) is 9.59 Å². The third-order valence-electron chi connectivity index (χ3n) is 4.11. The van der Waals surface area contributed by atoms with Gasteiger partial charge in [-0.25, -0.2) is 0 Å². The number of carbonyl (C=O) groups is 2. The molecule has 1 heterocycles. The van der Waals surface area contributed by atoms with Crippen molar-refractivity contribution in [3.63, 3.8) is 0 Å². The highest BCUT2D eigenvalue weighted by Crippen LogP contribution is 2.11. The SMILES string of the molecule is CCc1noc(CN(C)C(=O)C(NC(=O)c2ccc(C)cc2)C(C)C)n1. The van der Waals surface area contributed by atoms with E-state index < -0.39 is 6.04 Å². The quantitative estimate of drug-likeness (QED) is 0.821. The monoisotopic (exact) mass is 358 g/mol. The molecule has 2 amide bonds. The Hall–Kier alpha value is -2.70. The summed E-state index contributed by atoms with van der Waals surface area (Å²) in [6.07, 6.45) is 0.669. The minimum Gasteiger partial charge on any atom is -0.340 e. The number of amides is 2. The van der Waals surface area contributed by atoms with Gasteiger partial charge in [0.1, 0.15) is 6.04 Å². The zero-order valence-electron chi connectivity index (χ0n) is 15.9. The zero-order valence-corrected chi connectivity index (χ0v) is 15.9. The minimum absolute atomic E-state index is 0.0618. The number of likely N-dealkylation sites (N-methyl/N-ethyl adjacent to an activating group) is 1. The molecule has 1 aromatic carbocycles. The molecule has 0 saturated carbocycles. The lowest BCUT2D eigenvalue weighted by molar-refractivity contribution is -0.133. The third-order valence-corrected chi connectivity index (χ3v) is 4.11. The first-order chi connectivity index (χ1) is 12.3. The molecule has 1 atom stereocenters. The van der Waals surface area contributed by atoms with Crippen molar-refractivity contribution in [2.75, 3.05) is 7.05 Å². The molecule has 0 radical (unpaired) electrons. The van der Waals surface area contributed by atoms with Crippen LogP contribution in [-0.2, 0) is 17.8 Å². The predicted octanol–water partition coefficient (Wildman–Crippen LogP) is 2.35. The second-order valence-corrected chi connectivity index (χ2v) is 6.71. The van der Waals surface area contributed by atoms with E-state index in [1.165, 1.54) is 4.90 Å². The van der Waals surface area contributed by atoms with Gasteiger partial charge in [0.15, 0.2) is 5.82 Å². The van der Waals surface area contributed by atoms with Crippen molar-refractivity contribution in [3.8, 4) is 0 Å². The zero-order chi connectivity index (χ0) is 19.3. The van der Waals surface area contributed by atoms with E-state index in [2.05, 4.69) is 15.5 Å². The van der Waals surface area contributed by atoms with Crippen molar-refractivity contribution in [1.29, 1.82) is 0 Å². The Labute approximate surface area is 153 Å². The maximum absolute atomic E-state index is 12.8. The smallest absolute Gasteiger partial charge is 0.251 e. The van der Waals surface area contributed by atoms with Gasteiger partial charge in [-0.05, 0) is 25.0 Å². The van der Waals surface area contributed by atoms with E-state index in [1.807, 2.05) is 39.8 Å². The summed E-state index contributed by atoms with van der Waals surface area (Å²) in [7, 11) is 1.66. The van der Waals surface area contributed by atoms with Crippen molar-refractivity contribution in [2.45, 2.75) is 46.7 Å². The summed E-state index contributed by atoms with van der Waals surface area (Å²) in [4.78, 5) is 31.0. The van der Waals surface area contributed by atoms with Crippen LogP contribution in [0.2, 0.25) is 0 Å². The van der Waals surface area contributed by atoms with E-state index in [1.54, 1.807) is 19.2 Å². The summed E-state index contributed by atoms with van der Waals surface area (Å²) in [5.41, 5.74) is 1.60. The molecule has 140 valence electrons. The fourth-order valence-corrected chi connectivity index (χ4v) is 2.46. The van der Waals surface area contributed by atoms with Crippen LogP contribution in [0, 0.1) is 12.8 Å². The van der Waals surface area contributed by atoms with Crippen molar-refractivity contribution in [3.05, 3.63) is 47.1 Å². The Morgan fingerprint density at radius 3 is 2.42 bits per heavy atom. The van der Waals surface area contributed by atoms with E-state index in [4.69, 9.17) is 4.52 Å². The van der Waals surface area contributed by atoms with Gasteiger partial charge in [0.2, 0.25) is 11.8 Å². The van der Waals surface area contributed by atoms with Gasteiger partial charge in [-0.15, -0.1) is 0 Å². The first-order valence-corrected chi connectivity index (χ1v) is 8.75. The van der Waals surface area contributed by atoms with Gasteiger partial charge in [-0.1, -0.05) is 43.6 Å². The molecule has 2 rings (SSSR count). The molecule has 0 spiro atoms. The molecule has 7 heteroatoms. The standard InChI is InChI=1S/C19H26N4O3/c1-6-15-20-16(26-22-15)11-23(5)19(25)17(12(2)3)21-18(24)14-9-7-13(4)8-10-14/h7-10,12,17H,6,11H2,1-5H3,(H,21,24). The minimum atomic E-state index is -0.637. The lowest BCUT2D eigenvalue weighted by atomic mass is 10.0. The Balaban J connectivity index is 2.05. The highest BCUT2D eigenvalue weighted by Gasteiger charge is 2.28. The van der Waals surface area contributed by atoms with Crippen LogP contribution in [-0.4, -0.2) is 39.9 Å². The molecule has 0 bridgehead atoms. The Kier molecular flexibility index (Phi) is 6.49. The lowest BCUT2D eigenvalue weighted by Crippen LogP contribution is -2.50. The van der Waals surface area contributed by atoms with Crippen molar-refractivity contribution >= 4 is 11.8 Å². The lowest BCUT2D eigenvalue weighted by Gasteiger charge is -2.26. The first-order valence-electron chi connectivity index (χ1n) is 8.75. The molecule has 1 unspecified atom stereocenters. The number of aryl methyl sites for hydroxylation is 2. The molecule has 26 heavy (non-hydrogen) atoms. The van der Waals surface area contributed by atoms with Gasteiger partial charge in [0.25, 0.3) is 5.91 Å². The summed E-state index contributed by atoms with van der Waals surface area (Å²) in [5, 5.41) is 6.67. The first kappa shape index (κ1) is 19.6. The highest BCUT2D eigenvalue weighted by molar-refractivity contribution is 5.97. The molecule has 2 aromatic rings. The topological polar surface area (TPSA) is 88.3 Å². The molecular weight excluding hydrogens is 332 g/mol. The average Bonchev–Trinajstić information content (AvgIpc) is 3.06. The fraction of sp³-hybridized carbons (Fsp3) is 0.474. The van der Waals surface area contributed by atoms with E-state index in [0.717, 1.165) is 5.56 Å². The van der Waals surface area contributed by atoms with Crippen LogP contribution in [0.3, 0.4) is 0 Å². The molecule has 0 saturated heterocycles. The number of nitrogens with zero attached hydrogens (tertiary/aromatic N) is 3. The van der Waals surface area contributed by atoms with Gasteiger partial charge < -0.3 is 14.7 Å². The summed E-state index contributed by atoms with van der Waals surface area (Å²) < 4.78 is 5.14. The van der Waals surface area contributed by atoms with E-state index in [-0.39, 0.29) is 24.3 Å². The third kappa shape index (κ3) is 4.91. The van der Waals surface area contributed by atoms with Crippen LogP contribution in [0.5, 0.6) is 0 Å². The van der Waals surface area contributed by atoms with Gasteiger partial charge in [-0.3, -0.25) is 9.59 Å². The molecule has 0 fully saturated rings. The Bertz CT molecular complexity index is 752. The van der Waals surface area contributed by atoms with Crippen LogP contribution >= 0.6 is 0 Å². The van der Waals surface area contributed by atoms with Gasteiger partial charge in [-0.2, -0.15) is 4.98 Å². The fourth-order valence-electron chi connectivity index (χ4n) is 2.46. The van der Waals surface area contributed by atoms with Crippen LogP contribution in [0.4, 0.5) is 0 Å². The van der Waals surface area contributed by atoms with Crippen LogP contribution in [0.1, 0.15) is 48.4 Å². The van der Waals surface area contributed by atoms with Crippen molar-refractivity contribution in [2.24, 2.45) is 5.92 Å². The number of carbonyl (C=O) groups excluding carboxylic acids is 2. The summed E-state index contributed by atoms with van der Waals surface area (Å²) in [5.74, 6) is 0.459. The number of hydrogen-bond donors (Lipinski definition) is 1. The molecular formula is C19H26N4O3. The van der Waals surface area contributed by atoms with E-state index >= 15 is 0 Å². The largest absolute Gasteiger partial charge is 0.340 e. The molecule has 1 N–H and O–H groups in total. The van der Waals surface area contributed by atoms with E-state index in [0.29, 0.717) is 23.7 Å². The van der Waals surface area contributed by atoms with Crippen molar-refractivity contribution < 1.29 is 14.1 Å². The van der Waals surface area contributed by atoms with Crippen LogP contribution in [0.25, 0.3) is 0 Å². The van der Waals surface area contributed by atoms with Crippen LogP contribution in [0.15, 0.2) is 28.8 Å². The molecule has 0 aliphatic rings. The number of hydrogen-bond acceptors (Lipinski definition) is 5. The predicted molar refractivity (Wildman–Crippen MR) is 97.4 cm³/mol.